The van der Waals surface area contributed by atoms with Crippen molar-refractivity contribution in [3.63, 3.8) is 0 Å². The summed E-state index contributed by atoms with van der Waals surface area (Å²) in [6, 6.07) is -1.10. The number of imide groups is 2. The molecule has 0 bridgehead atoms. The van der Waals surface area contributed by atoms with E-state index >= 15 is 0 Å². The summed E-state index contributed by atoms with van der Waals surface area (Å²) < 4.78 is 0. The molecule has 6 nitrogen and oxygen atoms in total. The van der Waals surface area contributed by atoms with E-state index in [2.05, 4.69) is 0 Å². The first-order chi connectivity index (χ1) is 4.61. The van der Waals surface area contributed by atoms with Crippen molar-refractivity contribution < 1.29 is 19.6 Å². The van der Waals surface area contributed by atoms with Gasteiger partial charge in [-0.1, -0.05) is 0 Å². The standard InChI is InChI=1S/C4H4N2O4/c7-2-1-3(8)6(10)4(9)5-2/h10H,1H2,(H,5,7,9). The van der Waals surface area contributed by atoms with Crippen LogP contribution in [0.25, 0.3) is 0 Å². The van der Waals surface area contributed by atoms with Crippen molar-refractivity contribution in [1.82, 2.24) is 10.4 Å². The summed E-state index contributed by atoms with van der Waals surface area (Å²) in [5.74, 6) is -1.60. The monoisotopic (exact) mass is 144 g/mol. The normalized spacial score (nSPS) is 19.3. The van der Waals surface area contributed by atoms with Crippen LogP contribution in [0, 0.1) is 0 Å². The first-order valence-electron chi connectivity index (χ1n) is 2.47. The highest BCUT2D eigenvalue weighted by molar-refractivity contribution is 6.13. The van der Waals surface area contributed by atoms with E-state index in [4.69, 9.17) is 5.21 Å². The topological polar surface area (TPSA) is 86.7 Å². The minimum absolute atomic E-state index is 0.124. The lowest BCUT2D eigenvalue weighted by atomic mass is 10.3. The molecule has 1 saturated heterocycles. The number of hydroxylamine groups is 2. The second-order valence-corrected chi connectivity index (χ2v) is 1.74. The van der Waals surface area contributed by atoms with Crippen LogP contribution in [0.15, 0.2) is 0 Å². The van der Waals surface area contributed by atoms with Gasteiger partial charge in [-0.2, -0.15) is 0 Å². The Hall–Kier alpha value is -1.43. The molecule has 6 heteroatoms. The molecule has 0 aliphatic carbocycles. The van der Waals surface area contributed by atoms with Crippen molar-refractivity contribution in [2.24, 2.45) is 0 Å². The SMILES string of the molecule is O=C1CC(=O)N(O)C(=O)N1. The molecule has 0 aromatic carbocycles. The predicted octanol–water partition coefficient (Wildman–Crippen LogP) is -1.16. The molecule has 0 saturated carbocycles. The van der Waals surface area contributed by atoms with Gasteiger partial charge in [-0.3, -0.25) is 20.1 Å². The van der Waals surface area contributed by atoms with Gasteiger partial charge in [0.25, 0.3) is 5.91 Å². The fourth-order valence-corrected chi connectivity index (χ4v) is 0.542. The summed E-state index contributed by atoms with van der Waals surface area (Å²) in [5.41, 5.74) is 0. The second-order valence-electron chi connectivity index (χ2n) is 1.74. The maximum absolute atomic E-state index is 10.4. The van der Waals surface area contributed by atoms with Crippen molar-refractivity contribution >= 4 is 17.8 Å². The third-order valence-electron chi connectivity index (χ3n) is 0.987. The molecular formula is C4H4N2O4. The third-order valence-corrected chi connectivity index (χ3v) is 0.987. The summed E-state index contributed by atoms with van der Waals surface area (Å²) in [7, 11) is 0. The Labute approximate surface area is 55.4 Å². The van der Waals surface area contributed by atoms with Gasteiger partial charge in [-0.05, 0) is 0 Å². The van der Waals surface area contributed by atoms with E-state index in [1.807, 2.05) is 0 Å². The summed E-state index contributed by atoms with van der Waals surface area (Å²) in [5, 5.41) is 10.1. The second kappa shape index (κ2) is 2.07. The first-order valence-corrected chi connectivity index (χ1v) is 2.47. The fourth-order valence-electron chi connectivity index (χ4n) is 0.542. The van der Waals surface area contributed by atoms with Crippen LogP contribution in [0.3, 0.4) is 0 Å². The lowest BCUT2D eigenvalue weighted by Crippen LogP contribution is -2.50. The van der Waals surface area contributed by atoms with Crippen molar-refractivity contribution in [1.29, 1.82) is 0 Å². The van der Waals surface area contributed by atoms with E-state index in [-0.39, 0.29) is 5.06 Å². The Morgan fingerprint density at radius 3 is 2.50 bits per heavy atom. The Balaban J connectivity index is 2.76. The van der Waals surface area contributed by atoms with Crippen LogP contribution in [-0.4, -0.2) is 28.1 Å². The van der Waals surface area contributed by atoms with Gasteiger partial charge in [0.1, 0.15) is 6.42 Å². The van der Waals surface area contributed by atoms with E-state index in [9.17, 15) is 14.4 Å². The van der Waals surface area contributed by atoms with Crippen LogP contribution >= 0.6 is 0 Å². The number of hydrogen-bond donors (Lipinski definition) is 2. The van der Waals surface area contributed by atoms with Crippen LogP contribution in [0.2, 0.25) is 0 Å². The summed E-state index contributed by atoms with van der Waals surface area (Å²) >= 11 is 0. The van der Waals surface area contributed by atoms with E-state index in [0.29, 0.717) is 0 Å². The summed E-state index contributed by atoms with van der Waals surface area (Å²) in [4.78, 5) is 31.1. The van der Waals surface area contributed by atoms with Crippen LogP contribution in [0.5, 0.6) is 0 Å². The molecule has 10 heavy (non-hydrogen) atoms. The van der Waals surface area contributed by atoms with Gasteiger partial charge in [0, 0.05) is 0 Å². The van der Waals surface area contributed by atoms with Gasteiger partial charge in [-0.15, -0.1) is 5.06 Å². The number of barbiturate groups is 1. The maximum atomic E-state index is 10.4. The molecule has 0 aromatic rings. The van der Waals surface area contributed by atoms with Gasteiger partial charge < -0.3 is 0 Å². The smallest absolute Gasteiger partial charge is 0.277 e. The highest BCUT2D eigenvalue weighted by atomic mass is 16.5. The minimum atomic E-state index is -1.10. The van der Waals surface area contributed by atoms with Gasteiger partial charge >= 0.3 is 6.03 Å². The summed E-state index contributed by atoms with van der Waals surface area (Å²) in [6.45, 7) is 0. The Kier molecular flexibility index (Phi) is 1.38. The van der Waals surface area contributed by atoms with Gasteiger partial charge in [-0.25, -0.2) is 4.79 Å². The minimum Gasteiger partial charge on any atom is -0.277 e. The zero-order chi connectivity index (χ0) is 7.72. The molecule has 1 aliphatic rings. The number of hydrogen-bond acceptors (Lipinski definition) is 4. The Bertz CT molecular complexity index is 191. The van der Waals surface area contributed by atoms with Gasteiger partial charge in [0.2, 0.25) is 5.91 Å². The molecule has 0 aromatic heterocycles. The number of carbonyl (C=O) groups is 3. The number of amides is 4. The molecule has 0 unspecified atom stereocenters. The molecule has 0 radical (unpaired) electrons. The van der Waals surface area contributed by atoms with E-state index in [1.54, 1.807) is 5.32 Å². The summed E-state index contributed by atoms with van der Waals surface area (Å²) in [6.07, 6.45) is -0.484. The largest absolute Gasteiger partial charge is 0.355 e. The van der Waals surface area contributed by atoms with Gasteiger partial charge in [0.05, 0.1) is 0 Å². The predicted molar refractivity (Wildman–Crippen MR) is 26.8 cm³/mol. The van der Waals surface area contributed by atoms with Crippen LogP contribution < -0.4 is 5.32 Å². The van der Waals surface area contributed by atoms with E-state index in [0.717, 1.165) is 0 Å². The molecular weight excluding hydrogens is 140 g/mol. The van der Waals surface area contributed by atoms with Crippen LogP contribution in [0.1, 0.15) is 6.42 Å². The molecule has 1 heterocycles. The molecule has 1 rings (SSSR count). The number of urea groups is 1. The van der Waals surface area contributed by atoms with Gasteiger partial charge in [0.15, 0.2) is 0 Å². The van der Waals surface area contributed by atoms with Crippen LogP contribution in [-0.2, 0) is 9.59 Å². The molecule has 1 fully saturated rings. The zero-order valence-corrected chi connectivity index (χ0v) is 4.83. The quantitative estimate of drug-likeness (QED) is 0.331. The van der Waals surface area contributed by atoms with Crippen LogP contribution in [0.4, 0.5) is 4.79 Å². The highest BCUT2D eigenvalue weighted by Gasteiger charge is 2.29. The molecule has 4 amide bonds. The molecule has 0 spiro atoms. The molecule has 1 aliphatic heterocycles. The lowest BCUT2D eigenvalue weighted by molar-refractivity contribution is -0.158. The number of nitrogens with zero attached hydrogens (tertiary/aromatic N) is 1. The molecule has 54 valence electrons. The average Bonchev–Trinajstić information content (AvgIpc) is 1.82. The average molecular weight is 144 g/mol. The fraction of sp³-hybridized carbons (Fsp3) is 0.250. The number of carbonyl (C=O) groups excluding carboxylic acids is 3. The number of rotatable bonds is 0. The molecule has 2 N–H and O–H groups in total. The third kappa shape index (κ3) is 0.960. The highest BCUT2D eigenvalue weighted by Crippen LogP contribution is 1.97. The molecule has 0 atom stereocenters. The Morgan fingerprint density at radius 2 is 2.00 bits per heavy atom. The zero-order valence-electron chi connectivity index (χ0n) is 4.83. The van der Waals surface area contributed by atoms with E-state index < -0.39 is 24.3 Å². The maximum Gasteiger partial charge on any atom is 0.355 e. The first kappa shape index (κ1) is 6.69. The van der Waals surface area contributed by atoms with Crippen molar-refractivity contribution in [2.75, 3.05) is 0 Å². The van der Waals surface area contributed by atoms with Crippen molar-refractivity contribution in [3.8, 4) is 0 Å². The lowest BCUT2D eigenvalue weighted by Gasteiger charge is -2.17. The van der Waals surface area contributed by atoms with Crippen molar-refractivity contribution in [3.05, 3.63) is 0 Å². The van der Waals surface area contributed by atoms with E-state index in [1.165, 1.54) is 0 Å². The van der Waals surface area contributed by atoms with Crippen molar-refractivity contribution in [2.45, 2.75) is 6.42 Å². The Morgan fingerprint density at radius 1 is 1.40 bits per heavy atom. The number of nitrogens with one attached hydrogen (secondary N) is 1.